The molecule has 25 heavy (non-hydrogen) atoms. The van der Waals surface area contributed by atoms with Gasteiger partial charge in [-0.2, -0.15) is 0 Å². The molecule has 1 N–H and O–H groups in total. The van der Waals surface area contributed by atoms with E-state index in [4.69, 9.17) is 4.74 Å². The number of nitrogens with one attached hydrogen (secondary N) is 1. The van der Waals surface area contributed by atoms with Crippen molar-refractivity contribution in [3.05, 3.63) is 35.9 Å². The number of methoxy groups -OCH3 is 1. The molecule has 0 spiro atoms. The minimum Gasteiger partial charge on any atom is -0.467 e. The van der Waals surface area contributed by atoms with Crippen LogP contribution in [0.25, 0.3) is 0 Å². The molecule has 2 fully saturated rings. The van der Waals surface area contributed by atoms with Crippen molar-refractivity contribution in [1.29, 1.82) is 0 Å². The Balaban J connectivity index is 1.70. The van der Waals surface area contributed by atoms with Crippen molar-refractivity contribution in [1.82, 2.24) is 10.2 Å². The molecule has 8 heteroatoms. The molecule has 3 rings (SSSR count). The molecule has 4 unspecified atom stereocenters. The number of carbonyl (C=O) groups excluding carboxylic acids is 3. The topological polar surface area (TPSA) is 75.7 Å². The highest BCUT2D eigenvalue weighted by molar-refractivity contribution is 14.1. The van der Waals surface area contributed by atoms with Crippen LogP contribution in [0, 0.1) is 0 Å². The third-order valence-corrected chi connectivity index (χ3v) is 8.29. The molecule has 1 aromatic rings. The Kier molecular flexibility index (Phi) is 5.29. The van der Waals surface area contributed by atoms with Crippen molar-refractivity contribution in [3.8, 4) is 0 Å². The number of hydrogen-bond donors (Lipinski definition) is 1. The van der Waals surface area contributed by atoms with E-state index in [1.165, 1.54) is 7.11 Å². The minimum absolute atomic E-state index is 0.192. The molecule has 6 nitrogen and oxygen atoms in total. The van der Waals surface area contributed by atoms with E-state index in [9.17, 15) is 14.4 Å². The normalized spacial score (nSPS) is 30.4. The highest BCUT2D eigenvalue weighted by Gasteiger charge is 2.65. The number of benzene rings is 1. The number of carbonyl (C=O) groups is 3. The van der Waals surface area contributed by atoms with Crippen LogP contribution in [-0.2, 0) is 25.5 Å². The average Bonchev–Trinajstić information content (AvgIpc) is 2.90. The molecule has 1 aromatic carbocycles. The first-order valence-electron chi connectivity index (χ1n) is 7.88. The summed E-state index contributed by atoms with van der Waals surface area (Å²) in [5.41, 5.74) is 0.896. The van der Waals surface area contributed by atoms with Crippen LogP contribution in [0.2, 0.25) is 0 Å². The first kappa shape index (κ1) is 18.5. The van der Waals surface area contributed by atoms with Crippen LogP contribution in [0.5, 0.6) is 0 Å². The Hall–Kier alpha value is -1.29. The summed E-state index contributed by atoms with van der Waals surface area (Å²) >= 11 is 3.78. The lowest BCUT2D eigenvalue weighted by molar-refractivity contribution is -0.162. The smallest absolute Gasteiger partial charge is 0.330 e. The number of ether oxygens (including phenoxy) is 1. The second-order valence-corrected chi connectivity index (χ2v) is 8.75. The highest BCUT2D eigenvalue weighted by atomic mass is 127. The molecule has 0 radical (unpaired) electrons. The number of esters is 1. The standard InChI is InChI=1S/C17H19IN2O4S/c1-17(9-18)13(16(23)24-2)20-14(22)12(15(20)25-17)19-11(21)8-10-6-4-3-5-7-10/h3-7,12-13,15H,8-9H2,1-2H3,(H,19,21). The zero-order valence-electron chi connectivity index (χ0n) is 13.9. The predicted molar refractivity (Wildman–Crippen MR) is 103 cm³/mol. The number of nitrogens with zero attached hydrogens (tertiary/aromatic N) is 1. The number of hydrogen-bond acceptors (Lipinski definition) is 5. The summed E-state index contributed by atoms with van der Waals surface area (Å²) in [6.07, 6.45) is 0.228. The van der Waals surface area contributed by atoms with Crippen molar-refractivity contribution < 1.29 is 19.1 Å². The summed E-state index contributed by atoms with van der Waals surface area (Å²) in [5.74, 6) is -0.818. The molecule has 0 aliphatic carbocycles. The predicted octanol–water partition coefficient (Wildman–Crippen LogP) is 1.36. The summed E-state index contributed by atoms with van der Waals surface area (Å²) in [4.78, 5) is 38.6. The number of amides is 2. The van der Waals surface area contributed by atoms with Gasteiger partial charge in [0.15, 0.2) is 0 Å². The quantitative estimate of drug-likeness (QED) is 0.302. The Morgan fingerprint density at radius 2 is 2.04 bits per heavy atom. The molecular weight excluding hydrogens is 455 g/mol. The number of rotatable bonds is 5. The fourth-order valence-electron chi connectivity index (χ4n) is 3.24. The summed E-state index contributed by atoms with van der Waals surface area (Å²) in [6.45, 7) is 1.96. The van der Waals surface area contributed by atoms with Crippen molar-refractivity contribution >= 4 is 52.1 Å². The van der Waals surface area contributed by atoms with Crippen molar-refractivity contribution in [3.63, 3.8) is 0 Å². The van der Waals surface area contributed by atoms with Gasteiger partial charge >= 0.3 is 5.97 Å². The van der Waals surface area contributed by atoms with Gasteiger partial charge in [-0.15, -0.1) is 11.8 Å². The van der Waals surface area contributed by atoms with E-state index in [0.717, 1.165) is 5.56 Å². The first-order chi connectivity index (χ1) is 11.9. The zero-order valence-corrected chi connectivity index (χ0v) is 16.9. The minimum atomic E-state index is -0.612. The van der Waals surface area contributed by atoms with Crippen LogP contribution in [0.1, 0.15) is 12.5 Å². The third kappa shape index (κ3) is 3.25. The van der Waals surface area contributed by atoms with E-state index in [-0.39, 0.29) is 23.6 Å². The molecule has 0 saturated carbocycles. The Labute approximate surface area is 164 Å². The number of alkyl halides is 1. The van der Waals surface area contributed by atoms with Gasteiger partial charge in [-0.25, -0.2) is 4.79 Å². The van der Waals surface area contributed by atoms with Gasteiger partial charge in [0.05, 0.1) is 18.3 Å². The Morgan fingerprint density at radius 3 is 2.64 bits per heavy atom. The van der Waals surface area contributed by atoms with Crippen molar-refractivity contribution in [2.45, 2.75) is 35.5 Å². The SMILES string of the molecule is COC(=O)C1N2C(=O)C(NC(=O)Cc3ccccc3)C2SC1(C)CI. The lowest BCUT2D eigenvalue weighted by Gasteiger charge is -2.43. The maximum absolute atomic E-state index is 12.6. The maximum Gasteiger partial charge on any atom is 0.330 e. The molecule has 0 bridgehead atoms. The number of fused-ring (bicyclic) bond motifs is 1. The number of halogens is 1. The van der Waals surface area contributed by atoms with E-state index >= 15 is 0 Å². The molecule has 134 valence electrons. The zero-order chi connectivity index (χ0) is 18.2. The van der Waals surface area contributed by atoms with Gasteiger partial charge in [-0.1, -0.05) is 52.9 Å². The number of thioether (sulfide) groups is 1. The molecule has 2 aliphatic heterocycles. The lowest BCUT2D eigenvalue weighted by Crippen LogP contribution is -2.71. The maximum atomic E-state index is 12.6. The van der Waals surface area contributed by atoms with Gasteiger partial charge < -0.3 is 15.0 Å². The van der Waals surface area contributed by atoms with Gasteiger partial charge in [0, 0.05) is 4.43 Å². The van der Waals surface area contributed by atoms with Crippen LogP contribution < -0.4 is 5.32 Å². The van der Waals surface area contributed by atoms with Crippen LogP contribution in [-0.4, -0.2) is 56.4 Å². The Morgan fingerprint density at radius 1 is 1.36 bits per heavy atom. The van der Waals surface area contributed by atoms with Crippen LogP contribution >= 0.6 is 34.4 Å². The first-order valence-corrected chi connectivity index (χ1v) is 10.3. The molecule has 0 aromatic heterocycles. The van der Waals surface area contributed by atoms with E-state index < -0.39 is 22.8 Å². The van der Waals surface area contributed by atoms with E-state index in [1.54, 1.807) is 16.7 Å². The van der Waals surface area contributed by atoms with Gasteiger partial charge in [-0.05, 0) is 12.5 Å². The third-order valence-electron chi connectivity index (χ3n) is 4.54. The summed E-state index contributed by atoms with van der Waals surface area (Å²) < 4.78 is 5.16. The summed E-state index contributed by atoms with van der Waals surface area (Å²) in [6, 6.07) is 8.19. The lowest BCUT2D eigenvalue weighted by atomic mass is 9.96. The second kappa shape index (κ2) is 7.14. The fourth-order valence-corrected chi connectivity index (χ4v) is 5.81. The van der Waals surface area contributed by atoms with Crippen LogP contribution in [0.15, 0.2) is 30.3 Å². The van der Waals surface area contributed by atoms with Crippen LogP contribution in [0.3, 0.4) is 0 Å². The highest BCUT2D eigenvalue weighted by Crippen LogP contribution is 2.52. The molecular formula is C17H19IN2O4S. The van der Waals surface area contributed by atoms with E-state index in [1.807, 2.05) is 37.3 Å². The molecule has 2 saturated heterocycles. The van der Waals surface area contributed by atoms with E-state index in [2.05, 4.69) is 27.9 Å². The second-order valence-electron chi connectivity index (χ2n) is 6.33. The van der Waals surface area contributed by atoms with Crippen LogP contribution in [0.4, 0.5) is 0 Å². The molecule has 2 aliphatic rings. The molecule has 2 amide bonds. The van der Waals surface area contributed by atoms with E-state index in [0.29, 0.717) is 4.43 Å². The number of β-lactam (4-membered cyclic amide) rings is 1. The monoisotopic (exact) mass is 474 g/mol. The van der Waals surface area contributed by atoms with Gasteiger partial charge in [0.2, 0.25) is 11.8 Å². The summed E-state index contributed by atoms with van der Waals surface area (Å²) in [5, 5.41) is 2.59. The van der Waals surface area contributed by atoms with Gasteiger partial charge in [0.25, 0.3) is 0 Å². The fraction of sp³-hybridized carbons (Fsp3) is 0.471. The Bertz CT molecular complexity index is 701. The van der Waals surface area contributed by atoms with Crippen molar-refractivity contribution in [2.24, 2.45) is 0 Å². The molecule has 4 atom stereocenters. The van der Waals surface area contributed by atoms with Crippen molar-refractivity contribution in [2.75, 3.05) is 11.5 Å². The van der Waals surface area contributed by atoms with Gasteiger partial charge in [0.1, 0.15) is 17.5 Å². The van der Waals surface area contributed by atoms with Gasteiger partial charge in [-0.3, -0.25) is 9.59 Å². The summed E-state index contributed by atoms with van der Waals surface area (Å²) in [7, 11) is 1.33. The largest absolute Gasteiger partial charge is 0.467 e. The average molecular weight is 474 g/mol. The molecule has 2 heterocycles.